The molecular weight excluding hydrogens is 574 g/mol. The molecule has 2 aliphatic rings. The normalized spacial score (nSPS) is 18.7. The van der Waals surface area contributed by atoms with Crippen LogP contribution in [0.2, 0.25) is 0 Å². The van der Waals surface area contributed by atoms with Crippen molar-refractivity contribution >= 4 is 49.6 Å². The third kappa shape index (κ3) is 6.21. The van der Waals surface area contributed by atoms with Gasteiger partial charge in [0.05, 0.1) is 16.3 Å². The molecule has 230 valence electrons. The highest BCUT2D eigenvalue weighted by Gasteiger charge is 2.35. The summed E-state index contributed by atoms with van der Waals surface area (Å²) in [6.07, 6.45) is 8.56. The molecule has 1 aliphatic carbocycles. The number of nitrogen functional groups attached to an aromatic ring is 2. The SMILES string of the molecule is Nc1cc2ccnc(N)c2cc1N1CCCN(C2CCCCC2)CC1C(=O)Nc1ccc(-c2ccccc2S(N)(=O)=O)cc1. The number of carbonyl (C=O) groups is 1. The van der Waals surface area contributed by atoms with E-state index in [0.29, 0.717) is 47.5 Å². The summed E-state index contributed by atoms with van der Waals surface area (Å²) in [5.74, 6) is 0.288. The molecule has 0 spiro atoms. The molecular formula is C33H39N7O3S. The molecule has 1 aliphatic heterocycles. The number of nitrogens with one attached hydrogen (secondary N) is 1. The molecule has 1 amide bonds. The molecule has 2 fully saturated rings. The van der Waals surface area contributed by atoms with Crippen molar-refractivity contribution in [3.05, 3.63) is 72.9 Å². The smallest absolute Gasteiger partial charge is 0.248 e. The van der Waals surface area contributed by atoms with Crippen molar-refractivity contribution < 1.29 is 13.2 Å². The monoisotopic (exact) mass is 613 g/mol. The molecule has 10 nitrogen and oxygen atoms in total. The van der Waals surface area contributed by atoms with E-state index in [9.17, 15) is 13.2 Å². The molecule has 44 heavy (non-hydrogen) atoms. The van der Waals surface area contributed by atoms with Crippen molar-refractivity contribution in [3.8, 4) is 11.1 Å². The second-order valence-corrected chi connectivity index (χ2v) is 13.3. The molecule has 11 heteroatoms. The number of primary sulfonamides is 1. The van der Waals surface area contributed by atoms with Crippen LogP contribution >= 0.6 is 0 Å². The lowest BCUT2D eigenvalue weighted by molar-refractivity contribution is -0.117. The van der Waals surface area contributed by atoms with E-state index in [1.807, 2.05) is 18.2 Å². The Hall–Kier alpha value is -4.19. The Morgan fingerprint density at radius 1 is 0.909 bits per heavy atom. The first-order valence-corrected chi connectivity index (χ1v) is 16.7. The van der Waals surface area contributed by atoms with Crippen molar-refractivity contribution in [2.24, 2.45) is 5.14 Å². The first-order valence-electron chi connectivity index (χ1n) is 15.2. The summed E-state index contributed by atoms with van der Waals surface area (Å²) in [6, 6.07) is 19.5. The third-order valence-corrected chi connectivity index (χ3v) is 9.90. The number of hydrogen-bond acceptors (Lipinski definition) is 8. The molecule has 7 N–H and O–H groups in total. The predicted molar refractivity (Wildman–Crippen MR) is 177 cm³/mol. The summed E-state index contributed by atoms with van der Waals surface area (Å²) in [5, 5.41) is 10.3. The summed E-state index contributed by atoms with van der Waals surface area (Å²) in [5.41, 5.74) is 16.0. The maximum atomic E-state index is 14.2. The summed E-state index contributed by atoms with van der Waals surface area (Å²) in [7, 11) is -3.90. The maximum absolute atomic E-state index is 14.2. The van der Waals surface area contributed by atoms with Crippen molar-refractivity contribution in [1.29, 1.82) is 0 Å². The van der Waals surface area contributed by atoms with E-state index < -0.39 is 16.1 Å². The number of hydrogen-bond donors (Lipinski definition) is 4. The van der Waals surface area contributed by atoms with Crippen molar-refractivity contribution in [2.45, 2.75) is 55.5 Å². The Kier molecular flexibility index (Phi) is 8.44. The standard InChI is InChI=1S/C33H39N7O3S/c34-28-19-23-15-16-37-32(35)27(23)20-29(28)40-18-6-17-39(25-7-2-1-3-8-25)21-30(40)33(41)38-24-13-11-22(12-14-24)26-9-4-5-10-31(26)44(36,42)43/h4-5,9-16,19-20,25,30H,1-3,6-8,17-18,21,34H2,(H2,35,37)(H,38,41)(H2,36,42,43). The highest BCUT2D eigenvalue weighted by molar-refractivity contribution is 7.89. The second-order valence-electron chi connectivity index (χ2n) is 11.8. The van der Waals surface area contributed by atoms with Gasteiger partial charge in [0.25, 0.3) is 0 Å². The molecule has 0 bridgehead atoms. The summed E-state index contributed by atoms with van der Waals surface area (Å²) >= 11 is 0. The zero-order valence-electron chi connectivity index (χ0n) is 24.7. The van der Waals surface area contributed by atoms with Gasteiger partial charge < -0.3 is 21.7 Å². The van der Waals surface area contributed by atoms with Crippen molar-refractivity contribution in [3.63, 3.8) is 0 Å². The molecule has 1 saturated heterocycles. The van der Waals surface area contributed by atoms with E-state index in [1.165, 1.54) is 25.3 Å². The van der Waals surface area contributed by atoms with E-state index in [1.54, 1.807) is 48.7 Å². The molecule has 1 saturated carbocycles. The Morgan fingerprint density at radius 2 is 1.66 bits per heavy atom. The van der Waals surface area contributed by atoms with Gasteiger partial charge in [0.15, 0.2) is 0 Å². The van der Waals surface area contributed by atoms with Gasteiger partial charge in [-0.15, -0.1) is 0 Å². The van der Waals surface area contributed by atoms with Crippen LogP contribution in [-0.2, 0) is 14.8 Å². The van der Waals surface area contributed by atoms with Gasteiger partial charge in [-0.3, -0.25) is 9.69 Å². The number of nitrogens with zero attached hydrogens (tertiary/aromatic N) is 3. The molecule has 1 unspecified atom stereocenters. The van der Waals surface area contributed by atoms with Crippen LogP contribution in [0.5, 0.6) is 0 Å². The summed E-state index contributed by atoms with van der Waals surface area (Å²) in [6.45, 7) is 2.16. The minimum Gasteiger partial charge on any atom is -0.397 e. The topological polar surface area (TPSA) is 161 Å². The van der Waals surface area contributed by atoms with E-state index in [-0.39, 0.29) is 10.8 Å². The van der Waals surface area contributed by atoms with E-state index in [4.69, 9.17) is 16.6 Å². The lowest BCUT2D eigenvalue weighted by Crippen LogP contribution is -2.51. The number of pyridine rings is 1. The van der Waals surface area contributed by atoms with Gasteiger partial charge in [-0.25, -0.2) is 18.5 Å². The quantitative estimate of drug-likeness (QED) is 0.230. The summed E-state index contributed by atoms with van der Waals surface area (Å²) < 4.78 is 24.3. The Labute approximate surface area is 258 Å². The fourth-order valence-corrected chi connectivity index (χ4v) is 7.47. The Balaban J connectivity index is 1.31. The zero-order chi connectivity index (χ0) is 30.8. The van der Waals surface area contributed by atoms with Crippen LogP contribution in [0.3, 0.4) is 0 Å². The average molecular weight is 614 g/mol. The number of aromatic nitrogens is 1. The first kappa shape index (κ1) is 29.9. The van der Waals surface area contributed by atoms with Gasteiger partial charge >= 0.3 is 0 Å². The number of anilines is 4. The fourth-order valence-electron chi connectivity index (χ4n) is 6.71. The molecule has 6 rings (SSSR count). The van der Waals surface area contributed by atoms with E-state index in [0.717, 1.165) is 42.3 Å². The number of benzene rings is 3. The highest BCUT2D eigenvalue weighted by Crippen LogP contribution is 2.35. The molecule has 3 aromatic carbocycles. The first-order chi connectivity index (χ1) is 21.2. The molecule has 2 heterocycles. The minimum atomic E-state index is -3.90. The number of rotatable bonds is 6. The Bertz CT molecular complexity index is 1770. The number of amides is 1. The number of carbonyl (C=O) groups excluding carboxylic acids is 1. The molecule has 0 radical (unpaired) electrons. The second kappa shape index (κ2) is 12.4. The van der Waals surface area contributed by atoms with Gasteiger partial charge in [-0.1, -0.05) is 49.6 Å². The predicted octanol–water partition coefficient (Wildman–Crippen LogP) is 4.57. The number of fused-ring (bicyclic) bond motifs is 1. The molecule has 4 aromatic rings. The Morgan fingerprint density at radius 3 is 2.41 bits per heavy atom. The van der Waals surface area contributed by atoms with Gasteiger partial charge in [0.2, 0.25) is 15.9 Å². The number of sulfonamides is 1. The van der Waals surface area contributed by atoms with Crippen LogP contribution in [-0.4, -0.2) is 55.9 Å². The van der Waals surface area contributed by atoms with Crippen LogP contribution in [0.4, 0.5) is 22.9 Å². The van der Waals surface area contributed by atoms with Gasteiger partial charge in [-0.2, -0.15) is 0 Å². The van der Waals surface area contributed by atoms with Crippen LogP contribution < -0.4 is 26.8 Å². The van der Waals surface area contributed by atoms with Gasteiger partial charge in [0.1, 0.15) is 11.9 Å². The fraction of sp³-hybridized carbons (Fsp3) is 0.333. The minimum absolute atomic E-state index is 0.0532. The third-order valence-electron chi connectivity index (χ3n) is 8.93. The highest BCUT2D eigenvalue weighted by atomic mass is 32.2. The van der Waals surface area contributed by atoms with Crippen LogP contribution in [0.1, 0.15) is 38.5 Å². The van der Waals surface area contributed by atoms with Gasteiger partial charge in [0, 0.05) is 48.5 Å². The van der Waals surface area contributed by atoms with Crippen LogP contribution in [0.15, 0.2) is 77.8 Å². The van der Waals surface area contributed by atoms with E-state index in [2.05, 4.69) is 20.1 Å². The lowest BCUT2D eigenvalue weighted by atomic mass is 9.94. The molecule has 1 atom stereocenters. The largest absolute Gasteiger partial charge is 0.397 e. The average Bonchev–Trinajstić information content (AvgIpc) is 3.25. The molecule has 1 aromatic heterocycles. The van der Waals surface area contributed by atoms with Crippen LogP contribution in [0, 0.1) is 0 Å². The van der Waals surface area contributed by atoms with Gasteiger partial charge in [-0.05, 0) is 66.6 Å². The maximum Gasteiger partial charge on any atom is 0.248 e. The zero-order valence-corrected chi connectivity index (χ0v) is 25.5. The lowest BCUT2D eigenvalue weighted by Gasteiger charge is -2.37. The summed E-state index contributed by atoms with van der Waals surface area (Å²) in [4.78, 5) is 23.1. The van der Waals surface area contributed by atoms with E-state index >= 15 is 0 Å². The van der Waals surface area contributed by atoms with Crippen molar-refractivity contribution in [1.82, 2.24) is 9.88 Å². The van der Waals surface area contributed by atoms with Crippen molar-refractivity contribution in [2.75, 3.05) is 41.3 Å². The van der Waals surface area contributed by atoms with Crippen LogP contribution in [0.25, 0.3) is 21.9 Å². The number of nitrogens with two attached hydrogens (primary N) is 3.